The molecule has 0 aromatic heterocycles. The van der Waals surface area contributed by atoms with Crippen LogP contribution in [-0.2, 0) is 15.6 Å². The van der Waals surface area contributed by atoms with Crippen LogP contribution in [0.4, 0.5) is 0 Å². The number of hydrogen-bond acceptors (Lipinski definition) is 5. The molecule has 1 aromatic rings. The van der Waals surface area contributed by atoms with E-state index in [0.717, 1.165) is 0 Å². The Bertz CT molecular complexity index is 549. The molecular weight excluding hydrogens is 252 g/mol. The van der Waals surface area contributed by atoms with Gasteiger partial charge in [0.15, 0.2) is 0 Å². The van der Waals surface area contributed by atoms with Crippen molar-refractivity contribution >= 4 is 19.7 Å². The molecule has 5 nitrogen and oxygen atoms in total. The van der Waals surface area contributed by atoms with Crippen molar-refractivity contribution in [2.75, 3.05) is 7.11 Å². The van der Waals surface area contributed by atoms with E-state index >= 15 is 0 Å². The fourth-order valence-electron chi connectivity index (χ4n) is 1.24. The third kappa shape index (κ3) is 2.44. The Morgan fingerprint density at radius 1 is 1.56 bits per heavy atom. The molecule has 0 radical (unpaired) electrons. The van der Waals surface area contributed by atoms with Gasteiger partial charge in [-0.25, -0.2) is 8.42 Å². The highest BCUT2D eigenvalue weighted by Crippen LogP contribution is 2.28. The monoisotopic (exact) mass is 260 g/mol. The number of rotatable bonds is 3. The Hall–Kier alpha value is -1.29. The lowest BCUT2D eigenvalue weighted by Gasteiger charge is -2.09. The summed E-state index contributed by atoms with van der Waals surface area (Å²) >= 11 is 0. The third-order valence-electron chi connectivity index (χ3n) is 1.99. The summed E-state index contributed by atoms with van der Waals surface area (Å²) in [5.41, 5.74) is 5.94. The summed E-state index contributed by atoms with van der Waals surface area (Å²) < 4.78 is 27.4. The number of nitrogens with two attached hydrogens (primary N) is 1. The molecule has 0 aliphatic heterocycles. The molecule has 0 fully saturated rings. The standard InChI is InChI=1S/C9H9ClN2O3S/c1-15-8-3-9(16(10,13)14)7(5-12)2-6(8)4-11/h2-3H,4,11H2,1H3. The van der Waals surface area contributed by atoms with Crippen LogP contribution in [0.5, 0.6) is 5.75 Å². The molecule has 0 unspecified atom stereocenters. The number of benzene rings is 1. The van der Waals surface area contributed by atoms with Gasteiger partial charge in [-0.3, -0.25) is 0 Å². The van der Waals surface area contributed by atoms with Crippen LogP contribution in [0.3, 0.4) is 0 Å². The van der Waals surface area contributed by atoms with Gasteiger partial charge in [-0.1, -0.05) is 0 Å². The Morgan fingerprint density at radius 2 is 2.19 bits per heavy atom. The zero-order valence-electron chi connectivity index (χ0n) is 8.40. The van der Waals surface area contributed by atoms with Crippen LogP contribution in [0.15, 0.2) is 17.0 Å². The van der Waals surface area contributed by atoms with Gasteiger partial charge in [0, 0.05) is 28.9 Å². The maximum atomic E-state index is 11.2. The molecule has 0 bridgehead atoms. The number of ether oxygens (including phenoxy) is 1. The highest BCUT2D eigenvalue weighted by molar-refractivity contribution is 8.13. The fourth-order valence-corrected chi connectivity index (χ4v) is 2.24. The van der Waals surface area contributed by atoms with E-state index < -0.39 is 9.05 Å². The van der Waals surface area contributed by atoms with Crippen LogP contribution in [0.25, 0.3) is 0 Å². The second-order valence-corrected chi connectivity index (χ2v) is 5.45. The predicted molar refractivity (Wildman–Crippen MR) is 58.6 cm³/mol. The minimum Gasteiger partial charge on any atom is -0.496 e. The van der Waals surface area contributed by atoms with Gasteiger partial charge in [-0.2, -0.15) is 5.26 Å². The van der Waals surface area contributed by atoms with Crippen LogP contribution in [0, 0.1) is 11.3 Å². The van der Waals surface area contributed by atoms with Gasteiger partial charge < -0.3 is 10.5 Å². The Balaban J connectivity index is 3.58. The molecule has 0 heterocycles. The summed E-state index contributed by atoms with van der Waals surface area (Å²) in [5, 5.41) is 8.81. The molecule has 0 spiro atoms. The lowest BCUT2D eigenvalue weighted by atomic mass is 10.1. The van der Waals surface area contributed by atoms with Crippen molar-refractivity contribution in [2.24, 2.45) is 5.73 Å². The Morgan fingerprint density at radius 3 is 2.56 bits per heavy atom. The van der Waals surface area contributed by atoms with E-state index in [1.165, 1.54) is 19.2 Å². The number of nitriles is 1. The zero-order valence-corrected chi connectivity index (χ0v) is 9.97. The summed E-state index contributed by atoms with van der Waals surface area (Å²) in [7, 11) is 2.61. The maximum absolute atomic E-state index is 11.2. The smallest absolute Gasteiger partial charge is 0.262 e. The zero-order chi connectivity index (χ0) is 12.3. The van der Waals surface area contributed by atoms with Gasteiger partial charge in [0.05, 0.1) is 12.7 Å². The van der Waals surface area contributed by atoms with Crippen molar-refractivity contribution in [1.29, 1.82) is 5.26 Å². The van der Waals surface area contributed by atoms with E-state index in [4.69, 9.17) is 26.4 Å². The first kappa shape index (κ1) is 12.8. The van der Waals surface area contributed by atoms with Gasteiger partial charge in [0.2, 0.25) is 0 Å². The highest BCUT2D eigenvalue weighted by Gasteiger charge is 2.19. The molecule has 0 aliphatic rings. The molecule has 0 saturated heterocycles. The average Bonchev–Trinajstić information content (AvgIpc) is 2.25. The molecule has 16 heavy (non-hydrogen) atoms. The Kier molecular flexibility index (Phi) is 3.75. The minimum absolute atomic E-state index is 0.0451. The molecular formula is C9H9ClN2O3S. The van der Waals surface area contributed by atoms with Crippen LogP contribution in [0.2, 0.25) is 0 Å². The van der Waals surface area contributed by atoms with Crippen LogP contribution < -0.4 is 10.5 Å². The summed E-state index contributed by atoms with van der Waals surface area (Å²) in [6.07, 6.45) is 0. The quantitative estimate of drug-likeness (QED) is 0.817. The number of methoxy groups -OCH3 is 1. The van der Waals surface area contributed by atoms with Crippen molar-refractivity contribution in [1.82, 2.24) is 0 Å². The molecule has 86 valence electrons. The van der Waals surface area contributed by atoms with Crippen molar-refractivity contribution in [3.63, 3.8) is 0 Å². The highest BCUT2D eigenvalue weighted by atomic mass is 35.7. The summed E-state index contributed by atoms with van der Waals surface area (Å²) in [4.78, 5) is -0.272. The van der Waals surface area contributed by atoms with E-state index in [0.29, 0.717) is 11.3 Å². The summed E-state index contributed by atoms with van der Waals surface area (Å²) in [6.45, 7) is 0.139. The van der Waals surface area contributed by atoms with E-state index in [2.05, 4.69) is 0 Å². The normalized spacial score (nSPS) is 10.9. The molecule has 0 saturated carbocycles. The summed E-state index contributed by atoms with van der Waals surface area (Å²) in [6, 6.07) is 4.31. The van der Waals surface area contributed by atoms with Gasteiger partial charge in [-0.15, -0.1) is 0 Å². The topological polar surface area (TPSA) is 93.2 Å². The van der Waals surface area contributed by atoms with Crippen molar-refractivity contribution in [3.8, 4) is 11.8 Å². The minimum atomic E-state index is -3.97. The molecule has 0 amide bonds. The average molecular weight is 261 g/mol. The molecule has 1 aromatic carbocycles. The van der Waals surface area contributed by atoms with E-state index in [-0.39, 0.29) is 17.0 Å². The molecule has 1 rings (SSSR count). The fraction of sp³-hybridized carbons (Fsp3) is 0.222. The molecule has 0 atom stereocenters. The van der Waals surface area contributed by atoms with E-state index in [1.807, 2.05) is 0 Å². The molecule has 2 N–H and O–H groups in total. The third-order valence-corrected chi connectivity index (χ3v) is 3.35. The van der Waals surface area contributed by atoms with E-state index in [9.17, 15) is 8.42 Å². The molecule has 7 heteroatoms. The summed E-state index contributed by atoms with van der Waals surface area (Å²) in [5.74, 6) is 0.292. The van der Waals surface area contributed by atoms with Crippen LogP contribution >= 0.6 is 10.7 Å². The largest absolute Gasteiger partial charge is 0.496 e. The van der Waals surface area contributed by atoms with Gasteiger partial charge >= 0.3 is 0 Å². The van der Waals surface area contributed by atoms with Crippen molar-refractivity contribution < 1.29 is 13.2 Å². The SMILES string of the molecule is COc1cc(S(=O)(=O)Cl)c(C#N)cc1CN. The maximum Gasteiger partial charge on any atom is 0.262 e. The van der Waals surface area contributed by atoms with Gasteiger partial charge in [-0.05, 0) is 6.07 Å². The Labute approximate surface area is 97.8 Å². The van der Waals surface area contributed by atoms with Gasteiger partial charge in [0.25, 0.3) is 9.05 Å². The van der Waals surface area contributed by atoms with Crippen molar-refractivity contribution in [2.45, 2.75) is 11.4 Å². The van der Waals surface area contributed by atoms with Gasteiger partial charge in [0.1, 0.15) is 16.7 Å². The van der Waals surface area contributed by atoms with Crippen LogP contribution in [0.1, 0.15) is 11.1 Å². The predicted octanol–water partition coefficient (Wildman–Crippen LogP) is 0.953. The molecule has 0 aliphatic carbocycles. The second kappa shape index (κ2) is 4.70. The van der Waals surface area contributed by atoms with Crippen LogP contribution in [-0.4, -0.2) is 15.5 Å². The lowest BCUT2D eigenvalue weighted by Crippen LogP contribution is -2.04. The number of halogens is 1. The first-order chi connectivity index (χ1) is 7.43. The number of nitrogens with zero attached hydrogens (tertiary/aromatic N) is 1. The first-order valence-corrected chi connectivity index (χ1v) is 6.50. The van der Waals surface area contributed by atoms with E-state index in [1.54, 1.807) is 6.07 Å². The second-order valence-electron chi connectivity index (χ2n) is 2.91. The van der Waals surface area contributed by atoms with Crippen molar-refractivity contribution in [3.05, 3.63) is 23.3 Å². The first-order valence-electron chi connectivity index (χ1n) is 4.19. The lowest BCUT2D eigenvalue weighted by molar-refractivity contribution is 0.408. The number of hydrogen-bond donors (Lipinski definition) is 1.